The van der Waals surface area contributed by atoms with Gasteiger partial charge in [-0.15, -0.1) is 0 Å². The Kier molecular flexibility index (Phi) is 5.69. The standard InChI is InChI=1S/C15H23BrN2O2/c1-17-5-4-6-18(8-7-17)11-12-9-14(19-2)15(20-3)10-13(12)16/h9-10H,4-8,11H2,1-3H3/p+2. The molecule has 1 heterocycles. The molecule has 5 heteroatoms. The summed E-state index contributed by atoms with van der Waals surface area (Å²) in [5.41, 5.74) is 1.29. The Morgan fingerprint density at radius 2 is 1.75 bits per heavy atom. The molecule has 0 aromatic heterocycles. The fourth-order valence-corrected chi connectivity index (χ4v) is 3.22. The molecule has 1 fully saturated rings. The molecule has 2 unspecified atom stereocenters. The second-order valence-electron chi connectivity index (χ2n) is 5.54. The van der Waals surface area contributed by atoms with E-state index in [1.807, 2.05) is 6.07 Å². The van der Waals surface area contributed by atoms with Crippen LogP contribution >= 0.6 is 15.9 Å². The van der Waals surface area contributed by atoms with Gasteiger partial charge in [0.2, 0.25) is 0 Å². The molecule has 112 valence electrons. The first-order valence-electron chi connectivity index (χ1n) is 7.19. The lowest BCUT2D eigenvalue weighted by atomic mass is 10.2. The summed E-state index contributed by atoms with van der Waals surface area (Å²) < 4.78 is 11.8. The van der Waals surface area contributed by atoms with Gasteiger partial charge < -0.3 is 19.3 Å². The van der Waals surface area contributed by atoms with E-state index in [4.69, 9.17) is 9.47 Å². The Bertz CT molecular complexity index is 454. The molecule has 1 aliphatic heterocycles. The normalized spacial score (nSPS) is 23.2. The Balaban J connectivity index is 2.12. The van der Waals surface area contributed by atoms with E-state index in [-0.39, 0.29) is 0 Å². The van der Waals surface area contributed by atoms with E-state index in [1.54, 1.807) is 24.0 Å². The highest BCUT2D eigenvalue weighted by atomic mass is 79.9. The topological polar surface area (TPSA) is 27.3 Å². The van der Waals surface area contributed by atoms with Crippen molar-refractivity contribution in [2.45, 2.75) is 13.0 Å². The minimum absolute atomic E-state index is 0.776. The molecule has 2 atom stereocenters. The van der Waals surface area contributed by atoms with Gasteiger partial charge in [-0.1, -0.05) is 15.9 Å². The van der Waals surface area contributed by atoms with Crippen LogP contribution in [0.4, 0.5) is 0 Å². The number of ether oxygens (including phenoxy) is 2. The highest BCUT2D eigenvalue weighted by Crippen LogP contribution is 2.32. The van der Waals surface area contributed by atoms with Gasteiger partial charge in [-0.2, -0.15) is 0 Å². The Hall–Kier alpha value is -0.780. The van der Waals surface area contributed by atoms with Crippen LogP contribution in [-0.4, -0.2) is 47.4 Å². The van der Waals surface area contributed by atoms with E-state index in [2.05, 4.69) is 29.0 Å². The average Bonchev–Trinajstić information content (AvgIpc) is 2.65. The Labute approximate surface area is 129 Å². The van der Waals surface area contributed by atoms with Gasteiger partial charge in [-0.25, -0.2) is 0 Å². The van der Waals surface area contributed by atoms with Gasteiger partial charge in [-0.05, 0) is 12.1 Å². The van der Waals surface area contributed by atoms with Gasteiger partial charge in [0.1, 0.15) is 19.6 Å². The molecule has 2 N–H and O–H groups in total. The van der Waals surface area contributed by atoms with Crippen molar-refractivity contribution in [3.05, 3.63) is 22.2 Å². The molecule has 0 radical (unpaired) electrons. The largest absolute Gasteiger partial charge is 0.493 e. The molecule has 1 saturated heterocycles. The van der Waals surface area contributed by atoms with Crippen molar-refractivity contribution in [2.24, 2.45) is 0 Å². The van der Waals surface area contributed by atoms with Crippen LogP contribution in [0.1, 0.15) is 12.0 Å². The highest BCUT2D eigenvalue weighted by Gasteiger charge is 2.19. The Morgan fingerprint density at radius 1 is 1.05 bits per heavy atom. The molecule has 2 rings (SSSR count). The van der Waals surface area contributed by atoms with Crippen molar-refractivity contribution >= 4 is 15.9 Å². The summed E-state index contributed by atoms with van der Waals surface area (Å²) in [5.74, 6) is 1.58. The zero-order valence-electron chi connectivity index (χ0n) is 12.6. The van der Waals surface area contributed by atoms with Gasteiger partial charge in [0.25, 0.3) is 0 Å². The summed E-state index contributed by atoms with van der Waals surface area (Å²) in [6, 6.07) is 4.10. The lowest BCUT2D eigenvalue weighted by Gasteiger charge is -2.18. The van der Waals surface area contributed by atoms with Gasteiger partial charge >= 0.3 is 0 Å². The van der Waals surface area contributed by atoms with E-state index in [1.165, 1.54) is 38.2 Å². The monoisotopic (exact) mass is 344 g/mol. The summed E-state index contributed by atoms with van der Waals surface area (Å²) in [7, 11) is 5.64. The number of benzene rings is 1. The maximum absolute atomic E-state index is 5.40. The number of quaternary nitrogens is 2. The first-order chi connectivity index (χ1) is 9.63. The minimum atomic E-state index is 0.776. The van der Waals surface area contributed by atoms with Crippen LogP contribution in [0.15, 0.2) is 16.6 Å². The molecule has 0 saturated carbocycles. The first-order valence-corrected chi connectivity index (χ1v) is 7.98. The lowest BCUT2D eigenvalue weighted by Crippen LogP contribution is -3.15. The van der Waals surface area contributed by atoms with Crippen molar-refractivity contribution in [1.29, 1.82) is 0 Å². The molecular formula is C15H25BrN2O2+2. The Morgan fingerprint density at radius 3 is 2.45 bits per heavy atom. The summed E-state index contributed by atoms with van der Waals surface area (Å²) in [4.78, 5) is 3.29. The maximum Gasteiger partial charge on any atom is 0.161 e. The quantitative estimate of drug-likeness (QED) is 0.789. The number of methoxy groups -OCH3 is 2. The van der Waals surface area contributed by atoms with Crippen molar-refractivity contribution in [3.63, 3.8) is 0 Å². The van der Waals surface area contributed by atoms with Crippen LogP contribution in [0.25, 0.3) is 0 Å². The van der Waals surface area contributed by atoms with E-state index in [9.17, 15) is 0 Å². The van der Waals surface area contributed by atoms with Crippen molar-refractivity contribution in [2.75, 3.05) is 47.4 Å². The molecule has 0 aliphatic carbocycles. The second-order valence-corrected chi connectivity index (χ2v) is 6.39. The summed E-state index contributed by atoms with van der Waals surface area (Å²) in [6.45, 7) is 6.05. The van der Waals surface area contributed by atoms with E-state index < -0.39 is 0 Å². The summed E-state index contributed by atoms with van der Waals surface area (Å²) in [5, 5.41) is 0. The molecule has 1 aromatic rings. The average molecular weight is 345 g/mol. The second kappa shape index (κ2) is 7.29. The third-order valence-corrected chi connectivity index (χ3v) is 4.77. The molecule has 1 aromatic carbocycles. The van der Waals surface area contributed by atoms with Crippen LogP contribution < -0.4 is 19.3 Å². The van der Waals surface area contributed by atoms with E-state index in [0.29, 0.717) is 0 Å². The maximum atomic E-state index is 5.40. The van der Waals surface area contributed by atoms with Crippen LogP contribution in [0.3, 0.4) is 0 Å². The lowest BCUT2D eigenvalue weighted by molar-refractivity contribution is -0.938. The van der Waals surface area contributed by atoms with E-state index >= 15 is 0 Å². The van der Waals surface area contributed by atoms with E-state index in [0.717, 1.165) is 22.5 Å². The molecule has 1 aliphatic rings. The van der Waals surface area contributed by atoms with Gasteiger partial charge in [0.05, 0.1) is 34.4 Å². The summed E-state index contributed by atoms with van der Waals surface area (Å²) >= 11 is 3.66. The number of hydrogen-bond acceptors (Lipinski definition) is 2. The molecule has 0 bridgehead atoms. The molecular weight excluding hydrogens is 320 g/mol. The molecule has 0 amide bonds. The van der Waals surface area contributed by atoms with Crippen LogP contribution in [-0.2, 0) is 6.54 Å². The fraction of sp³-hybridized carbons (Fsp3) is 0.600. The SMILES string of the molecule is COc1cc(Br)c(C[NH+]2CCC[NH+](C)CC2)cc1OC. The zero-order chi connectivity index (χ0) is 14.5. The predicted octanol–water partition coefficient (Wildman–Crippen LogP) is -0.230. The number of rotatable bonds is 4. The van der Waals surface area contributed by atoms with Crippen LogP contribution in [0.2, 0.25) is 0 Å². The van der Waals surface area contributed by atoms with Gasteiger partial charge in [0.15, 0.2) is 11.5 Å². The van der Waals surface area contributed by atoms with Crippen LogP contribution in [0.5, 0.6) is 11.5 Å². The first kappa shape index (κ1) is 15.6. The zero-order valence-corrected chi connectivity index (χ0v) is 14.2. The fourth-order valence-electron chi connectivity index (χ4n) is 2.76. The number of nitrogens with one attached hydrogen (secondary N) is 2. The number of halogens is 1. The minimum Gasteiger partial charge on any atom is -0.493 e. The molecule has 4 nitrogen and oxygen atoms in total. The molecule has 0 spiro atoms. The summed E-state index contributed by atoms with van der Waals surface area (Å²) in [6.07, 6.45) is 1.30. The van der Waals surface area contributed by atoms with Gasteiger partial charge in [0, 0.05) is 16.5 Å². The van der Waals surface area contributed by atoms with Crippen molar-refractivity contribution < 1.29 is 19.3 Å². The number of hydrogen-bond donors (Lipinski definition) is 2. The smallest absolute Gasteiger partial charge is 0.161 e. The predicted molar refractivity (Wildman–Crippen MR) is 82.9 cm³/mol. The van der Waals surface area contributed by atoms with Crippen molar-refractivity contribution in [3.8, 4) is 11.5 Å². The third kappa shape index (κ3) is 3.87. The molecule has 20 heavy (non-hydrogen) atoms. The third-order valence-electron chi connectivity index (χ3n) is 4.03. The van der Waals surface area contributed by atoms with Crippen molar-refractivity contribution in [1.82, 2.24) is 0 Å². The number of likely N-dealkylation sites (N-methyl/N-ethyl adjacent to an activating group) is 1. The highest BCUT2D eigenvalue weighted by molar-refractivity contribution is 9.10. The van der Waals surface area contributed by atoms with Crippen LogP contribution in [0, 0.1) is 0 Å². The van der Waals surface area contributed by atoms with Gasteiger partial charge in [-0.3, -0.25) is 0 Å².